The Bertz CT molecular complexity index is 706. The first kappa shape index (κ1) is 17.4. The van der Waals surface area contributed by atoms with Gasteiger partial charge >= 0.3 is 0 Å². The Balaban J connectivity index is 0.00000157. The van der Waals surface area contributed by atoms with Crippen LogP contribution in [0.2, 0.25) is 0 Å². The van der Waals surface area contributed by atoms with E-state index in [1.165, 1.54) is 22.3 Å². The van der Waals surface area contributed by atoms with Gasteiger partial charge in [0.05, 0.1) is 12.2 Å². The van der Waals surface area contributed by atoms with Gasteiger partial charge < -0.3 is 9.64 Å². The third kappa shape index (κ3) is 3.12. The molecule has 2 fully saturated rings. The molecule has 3 nitrogen and oxygen atoms in total. The number of hydrogen-bond donors (Lipinski definition) is 0. The molecule has 2 aliphatic heterocycles. The van der Waals surface area contributed by atoms with Crippen molar-refractivity contribution in [3.05, 3.63) is 77.8 Å². The van der Waals surface area contributed by atoms with Gasteiger partial charge in [-0.3, -0.25) is 11.9 Å². The van der Waals surface area contributed by atoms with Crippen molar-refractivity contribution < 1.29 is 25.2 Å². The van der Waals surface area contributed by atoms with Crippen LogP contribution in [0.5, 0.6) is 0 Å². The predicted octanol–water partition coefficient (Wildman–Crippen LogP) is 3.53. The molecular weight excluding hydrogens is 482 g/mol. The van der Waals surface area contributed by atoms with E-state index in [-0.39, 0.29) is 26.5 Å². The summed E-state index contributed by atoms with van der Waals surface area (Å²) >= 11 is 0. The number of ether oxygens (including phenoxy) is 1. The summed E-state index contributed by atoms with van der Waals surface area (Å²) in [6.45, 7) is 2.94. The molecule has 0 saturated carbocycles. The summed E-state index contributed by atoms with van der Waals surface area (Å²) in [7, 11) is 3.96. The van der Waals surface area contributed by atoms with Crippen molar-refractivity contribution in [3.8, 4) is 0 Å². The molecule has 0 spiro atoms. The molecule has 2 aromatic carbocycles. The van der Waals surface area contributed by atoms with E-state index >= 15 is 0 Å². The maximum absolute atomic E-state index is 6.59. The second kappa shape index (κ2) is 6.95. The Kier molecular flexibility index (Phi) is 4.83. The Morgan fingerprint density at radius 1 is 0.960 bits per heavy atom. The summed E-state index contributed by atoms with van der Waals surface area (Å²) in [5, 5.41) is 0. The molecule has 1 aliphatic carbocycles. The topological polar surface area (TPSA) is 15.7 Å². The molecule has 0 aromatic heterocycles. The van der Waals surface area contributed by atoms with E-state index < -0.39 is 0 Å². The van der Waals surface area contributed by atoms with E-state index in [4.69, 9.17) is 4.74 Å². The number of nitrogens with zero attached hydrogens (tertiary/aromatic N) is 2. The van der Waals surface area contributed by atoms with Gasteiger partial charge in [0, 0.05) is 46.2 Å². The average Bonchev–Trinajstić information content (AvgIpc) is 2.93. The fourth-order valence-corrected chi connectivity index (χ4v) is 4.62. The Labute approximate surface area is 163 Å². The molecule has 3 unspecified atom stereocenters. The first-order chi connectivity index (χ1) is 11.8. The minimum Gasteiger partial charge on any atom is -0.435 e. The zero-order valence-corrected chi connectivity index (χ0v) is 17.0. The summed E-state index contributed by atoms with van der Waals surface area (Å²) in [4.78, 5) is 4.50. The number of rotatable bonds is 2. The largest absolute Gasteiger partial charge is 0.435 e. The van der Waals surface area contributed by atoms with Gasteiger partial charge in [0.15, 0.2) is 0 Å². The third-order valence-corrected chi connectivity index (χ3v) is 5.68. The molecule has 0 N–H and O–H groups in total. The number of benzene rings is 2. The van der Waals surface area contributed by atoms with E-state index in [0.29, 0.717) is 12.0 Å². The molecule has 25 heavy (non-hydrogen) atoms. The minimum absolute atomic E-state index is 0. The van der Waals surface area contributed by atoms with Crippen LogP contribution in [0.3, 0.4) is 0 Å². The smallest absolute Gasteiger partial charge is 0.0901 e. The van der Waals surface area contributed by atoms with E-state index in [1.54, 1.807) is 0 Å². The standard InChI is InChI=1S/C21H23N2O.Re/c1-22-13-23(14-22)12-17-11-20-18-8-4-2-6-15(18)10-16-7-3-5-9-19(16)21(20)24-17;/h2-9,17,20-21H,1,10-14H2;/q-1;. The first-order valence-corrected chi connectivity index (χ1v) is 8.87. The zero-order valence-electron chi connectivity index (χ0n) is 14.3. The van der Waals surface area contributed by atoms with Crippen LogP contribution in [0.15, 0.2) is 48.5 Å². The van der Waals surface area contributed by atoms with Gasteiger partial charge in [0.1, 0.15) is 0 Å². The molecule has 2 heterocycles. The van der Waals surface area contributed by atoms with Crippen molar-refractivity contribution in [1.82, 2.24) is 9.80 Å². The van der Waals surface area contributed by atoms with Gasteiger partial charge in [0.2, 0.25) is 0 Å². The van der Waals surface area contributed by atoms with Gasteiger partial charge in [-0.25, -0.2) is 0 Å². The van der Waals surface area contributed by atoms with Crippen LogP contribution in [0.4, 0.5) is 0 Å². The maximum Gasteiger partial charge on any atom is 0.0901 e. The SMILES string of the molecule is [CH2-]N1CN(CC2CC3c4ccccc4Cc4ccccc4C3O2)C1.[Re]. The molecule has 2 aromatic rings. The Hall–Kier alpha value is -1.02. The molecule has 5 rings (SSSR count). The van der Waals surface area contributed by atoms with Crippen molar-refractivity contribution in [2.75, 3.05) is 19.9 Å². The fraction of sp³-hybridized carbons (Fsp3) is 0.381. The molecule has 2 saturated heterocycles. The summed E-state index contributed by atoms with van der Waals surface area (Å²) in [6.07, 6.45) is 2.65. The second-order valence-corrected chi connectivity index (χ2v) is 7.40. The molecule has 0 bridgehead atoms. The molecule has 131 valence electrons. The van der Waals surface area contributed by atoms with E-state index in [2.05, 4.69) is 65.4 Å². The predicted molar refractivity (Wildman–Crippen MR) is 94.3 cm³/mol. The summed E-state index contributed by atoms with van der Waals surface area (Å²) in [5.74, 6) is 0.479. The van der Waals surface area contributed by atoms with Gasteiger partial charge in [-0.2, -0.15) is 0 Å². The van der Waals surface area contributed by atoms with Gasteiger partial charge in [-0.1, -0.05) is 48.5 Å². The van der Waals surface area contributed by atoms with Crippen molar-refractivity contribution in [3.63, 3.8) is 0 Å². The monoisotopic (exact) mass is 506 g/mol. The van der Waals surface area contributed by atoms with Crippen LogP contribution >= 0.6 is 0 Å². The van der Waals surface area contributed by atoms with Crippen LogP contribution in [-0.2, 0) is 31.6 Å². The van der Waals surface area contributed by atoms with E-state index in [9.17, 15) is 0 Å². The molecular formula is C21H23N2ORe-. The molecule has 3 atom stereocenters. The summed E-state index contributed by atoms with van der Waals surface area (Å²) in [5.41, 5.74) is 5.77. The zero-order chi connectivity index (χ0) is 16.1. The number of hydrogen-bond acceptors (Lipinski definition) is 3. The van der Waals surface area contributed by atoms with Crippen LogP contribution < -0.4 is 0 Å². The first-order valence-electron chi connectivity index (χ1n) is 8.87. The van der Waals surface area contributed by atoms with Crippen molar-refractivity contribution in [2.24, 2.45) is 0 Å². The van der Waals surface area contributed by atoms with Gasteiger partial charge in [-0.05, 0) is 35.1 Å². The van der Waals surface area contributed by atoms with Gasteiger partial charge in [-0.15, -0.1) is 0 Å². The Morgan fingerprint density at radius 2 is 1.60 bits per heavy atom. The Morgan fingerprint density at radius 3 is 2.32 bits per heavy atom. The van der Waals surface area contributed by atoms with Gasteiger partial charge in [0.25, 0.3) is 0 Å². The second-order valence-electron chi connectivity index (χ2n) is 7.40. The van der Waals surface area contributed by atoms with Crippen LogP contribution in [0, 0.1) is 7.05 Å². The molecule has 1 radical (unpaired) electrons. The third-order valence-electron chi connectivity index (χ3n) is 5.68. The van der Waals surface area contributed by atoms with E-state index in [0.717, 1.165) is 32.7 Å². The van der Waals surface area contributed by atoms with Crippen LogP contribution in [0.1, 0.15) is 40.7 Å². The van der Waals surface area contributed by atoms with E-state index in [1.807, 2.05) is 0 Å². The number of fused-ring (bicyclic) bond motifs is 5. The molecule has 0 amide bonds. The average molecular weight is 506 g/mol. The summed E-state index contributed by atoms with van der Waals surface area (Å²) < 4.78 is 6.59. The molecule has 4 heteroatoms. The molecule has 3 aliphatic rings. The van der Waals surface area contributed by atoms with Crippen LogP contribution in [-0.4, -0.2) is 35.8 Å². The normalized spacial score (nSPS) is 28.1. The maximum atomic E-state index is 6.59. The van der Waals surface area contributed by atoms with Crippen molar-refractivity contribution in [2.45, 2.75) is 31.0 Å². The summed E-state index contributed by atoms with van der Waals surface area (Å²) in [6, 6.07) is 17.8. The minimum atomic E-state index is 0. The van der Waals surface area contributed by atoms with Crippen molar-refractivity contribution >= 4 is 0 Å². The quantitative estimate of drug-likeness (QED) is 0.581. The van der Waals surface area contributed by atoms with Crippen molar-refractivity contribution in [1.29, 1.82) is 0 Å². The van der Waals surface area contributed by atoms with Crippen LogP contribution in [0.25, 0.3) is 0 Å². The fourth-order valence-electron chi connectivity index (χ4n) is 4.62.